The molecule has 0 radical (unpaired) electrons. The number of allylic oxidation sites excluding steroid dienone is 1. The first-order chi connectivity index (χ1) is 16.5. The number of rotatable bonds is 4. The molecule has 0 N–H and O–H groups in total. The Hall–Kier alpha value is -4.77. The summed E-state index contributed by atoms with van der Waals surface area (Å²) in [5, 5.41) is 9.96. The molecular weight excluding hydrogens is 433 g/mol. The molecule has 0 aliphatic carbocycles. The van der Waals surface area contributed by atoms with E-state index in [1.54, 1.807) is 29.9 Å². The third-order valence-electron chi connectivity index (χ3n) is 5.53. The third kappa shape index (κ3) is 3.49. The van der Waals surface area contributed by atoms with Crippen molar-refractivity contribution in [3.8, 4) is 17.7 Å². The predicted octanol–water partition coefficient (Wildman–Crippen LogP) is 4.89. The molecule has 166 valence electrons. The summed E-state index contributed by atoms with van der Waals surface area (Å²) in [5.41, 5.74) is 2.37. The predicted molar refractivity (Wildman–Crippen MR) is 127 cm³/mol. The number of halogens is 1. The van der Waals surface area contributed by atoms with Crippen molar-refractivity contribution >= 4 is 28.3 Å². The molecule has 34 heavy (non-hydrogen) atoms. The smallest absolute Gasteiger partial charge is 0.269 e. The van der Waals surface area contributed by atoms with E-state index in [0.717, 1.165) is 11.1 Å². The third-order valence-corrected chi connectivity index (χ3v) is 5.53. The zero-order chi connectivity index (χ0) is 23.8. The Morgan fingerprint density at radius 1 is 1.09 bits per heavy atom. The first kappa shape index (κ1) is 21.1. The molecule has 3 heterocycles. The summed E-state index contributed by atoms with van der Waals surface area (Å²) in [6.07, 6.45) is 2.98. The van der Waals surface area contributed by atoms with Gasteiger partial charge in [0.2, 0.25) is 5.88 Å². The van der Waals surface area contributed by atoms with E-state index in [1.165, 1.54) is 28.7 Å². The van der Waals surface area contributed by atoms with Crippen molar-refractivity contribution in [1.82, 2.24) is 18.9 Å². The molecule has 3 aromatic heterocycles. The minimum Gasteiger partial charge on any atom is -0.435 e. The monoisotopic (exact) mass is 451 g/mol. The van der Waals surface area contributed by atoms with Crippen molar-refractivity contribution in [3.05, 3.63) is 100.0 Å². The standard InChI is InChI=1S/C26H18FN5O2/c1-16-8-7-13-32-23(16)30-25(34-22-12-6-3-9-19(22)27)18(26(32)33)14-17(15-28)24-29-20-10-4-5-11-21(20)31(24)2/h3-14H,1-2H3. The van der Waals surface area contributed by atoms with Crippen LogP contribution in [0.3, 0.4) is 0 Å². The maximum absolute atomic E-state index is 14.3. The van der Waals surface area contributed by atoms with Gasteiger partial charge in [0, 0.05) is 13.2 Å². The largest absolute Gasteiger partial charge is 0.435 e. The molecule has 0 saturated carbocycles. The van der Waals surface area contributed by atoms with Gasteiger partial charge in [0.05, 0.1) is 16.6 Å². The maximum atomic E-state index is 14.3. The van der Waals surface area contributed by atoms with Crippen molar-refractivity contribution in [2.45, 2.75) is 6.92 Å². The zero-order valence-corrected chi connectivity index (χ0v) is 18.4. The number of fused-ring (bicyclic) bond motifs is 2. The first-order valence-corrected chi connectivity index (χ1v) is 10.5. The van der Waals surface area contributed by atoms with Gasteiger partial charge in [-0.2, -0.15) is 10.2 Å². The zero-order valence-electron chi connectivity index (χ0n) is 18.4. The van der Waals surface area contributed by atoms with Crippen LogP contribution in [0, 0.1) is 24.1 Å². The molecule has 0 aliphatic heterocycles. The molecule has 2 aromatic carbocycles. The van der Waals surface area contributed by atoms with Crippen LogP contribution in [0.2, 0.25) is 0 Å². The lowest BCUT2D eigenvalue weighted by atomic mass is 10.1. The first-order valence-electron chi connectivity index (χ1n) is 10.5. The number of imidazole rings is 1. The summed E-state index contributed by atoms with van der Waals surface area (Å²) in [6.45, 7) is 1.81. The van der Waals surface area contributed by atoms with Gasteiger partial charge in [-0.3, -0.25) is 9.20 Å². The number of aromatic nitrogens is 4. The summed E-state index contributed by atoms with van der Waals surface area (Å²) < 4.78 is 23.3. The molecule has 0 unspecified atom stereocenters. The van der Waals surface area contributed by atoms with E-state index in [4.69, 9.17) is 4.74 Å². The van der Waals surface area contributed by atoms with E-state index in [0.29, 0.717) is 17.0 Å². The topological polar surface area (TPSA) is 85.2 Å². The Kier molecular flexibility index (Phi) is 5.15. The lowest BCUT2D eigenvalue weighted by molar-refractivity contribution is 0.426. The number of nitrogens with zero attached hydrogens (tertiary/aromatic N) is 5. The molecule has 0 amide bonds. The van der Waals surface area contributed by atoms with Crippen LogP contribution in [-0.2, 0) is 7.05 Å². The van der Waals surface area contributed by atoms with Gasteiger partial charge in [-0.15, -0.1) is 0 Å². The van der Waals surface area contributed by atoms with Crippen molar-refractivity contribution in [3.63, 3.8) is 0 Å². The Morgan fingerprint density at radius 3 is 2.62 bits per heavy atom. The maximum Gasteiger partial charge on any atom is 0.269 e. The summed E-state index contributed by atoms with van der Waals surface area (Å²) in [7, 11) is 1.79. The van der Waals surface area contributed by atoms with Crippen molar-refractivity contribution in [2.75, 3.05) is 0 Å². The van der Waals surface area contributed by atoms with Crippen LogP contribution in [0.4, 0.5) is 4.39 Å². The van der Waals surface area contributed by atoms with Gasteiger partial charge < -0.3 is 9.30 Å². The fourth-order valence-corrected chi connectivity index (χ4v) is 3.80. The highest BCUT2D eigenvalue weighted by Crippen LogP contribution is 2.28. The Balaban J connectivity index is 1.77. The summed E-state index contributed by atoms with van der Waals surface area (Å²) in [5.74, 6) is -0.395. The lowest BCUT2D eigenvalue weighted by Gasteiger charge is -2.12. The summed E-state index contributed by atoms with van der Waals surface area (Å²) in [6, 6.07) is 19.0. The van der Waals surface area contributed by atoms with Crippen LogP contribution in [0.15, 0.2) is 71.7 Å². The lowest BCUT2D eigenvalue weighted by Crippen LogP contribution is -2.19. The van der Waals surface area contributed by atoms with Crippen LogP contribution in [0.5, 0.6) is 11.6 Å². The van der Waals surface area contributed by atoms with Crippen LogP contribution in [-0.4, -0.2) is 18.9 Å². The molecule has 0 fully saturated rings. The fourth-order valence-electron chi connectivity index (χ4n) is 3.80. The molecular formula is C26H18FN5O2. The molecule has 0 bridgehead atoms. The van der Waals surface area contributed by atoms with Gasteiger partial charge in [-0.05, 0) is 48.9 Å². The van der Waals surface area contributed by atoms with Crippen molar-refractivity contribution < 1.29 is 9.13 Å². The van der Waals surface area contributed by atoms with Crippen LogP contribution >= 0.6 is 0 Å². The van der Waals surface area contributed by atoms with Gasteiger partial charge in [0.25, 0.3) is 5.56 Å². The highest BCUT2D eigenvalue weighted by molar-refractivity contribution is 5.91. The fraction of sp³-hybridized carbons (Fsp3) is 0.0769. The van der Waals surface area contributed by atoms with Crippen molar-refractivity contribution in [1.29, 1.82) is 5.26 Å². The average molecular weight is 451 g/mol. The van der Waals surface area contributed by atoms with E-state index in [2.05, 4.69) is 16.0 Å². The Bertz CT molecular complexity index is 1710. The number of para-hydroxylation sites is 3. The van der Waals surface area contributed by atoms with Gasteiger partial charge in [0.1, 0.15) is 17.3 Å². The number of benzene rings is 2. The van der Waals surface area contributed by atoms with Gasteiger partial charge in [-0.1, -0.05) is 30.3 Å². The molecule has 0 atom stereocenters. The minimum atomic E-state index is -0.597. The second kappa shape index (κ2) is 8.30. The Labute approximate surface area is 193 Å². The van der Waals surface area contributed by atoms with Crippen LogP contribution in [0.25, 0.3) is 28.3 Å². The quantitative estimate of drug-likeness (QED) is 0.364. The molecule has 5 aromatic rings. The molecule has 0 spiro atoms. The number of hydrogen-bond acceptors (Lipinski definition) is 5. The number of ether oxygens (including phenoxy) is 1. The highest BCUT2D eigenvalue weighted by Gasteiger charge is 2.19. The second-order valence-corrected chi connectivity index (χ2v) is 7.71. The summed E-state index contributed by atoms with van der Waals surface area (Å²) >= 11 is 0. The van der Waals surface area contributed by atoms with E-state index in [1.807, 2.05) is 37.3 Å². The highest BCUT2D eigenvalue weighted by atomic mass is 19.1. The van der Waals surface area contributed by atoms with Crippen molar-refractivity contribution in [2.24, 2.45) is 7.05 Å². The van der Waals surface area contributed by atoms with E-state index >= 15 is 0 Å². The SMILES string of the molecule is Cc1cccn2c(=O)c(C=C(C#N)c3nc4ccccc4n3C)c(Oc3ccccc3F)nc12. The second-order valence-electron chi connectivity index (χ2n) is 7.71. The van der Waals surface area contributed by atoms with Gasteiger partial charge in [0.15, 0.2) is 17.4 Å². The number of pyridine rings is 1. The Morgan fingerprint density at radius 2 is 1.85 bits per heavy atom. The normalized spacial score (nSPS) is 11.6. The van der Waals surface area contributed by atoms with Gasteiger partial charge >= 0.3 is 0 Å². The molecule has 7 nitrogen and oxygen atoms in total. The molecule has 0 aliphatic rings. The molecule has 5 rings (SSSR count). The van der Waals surface area contributed by atoms with Crippen LogP contribution in [0.1, 0.15) is 17.0 Å². The number of hydrogen-bond donors (Lipinski definition) is 0. The van der Waals surface area contributed by atoms with E-state index < -0.39 is 11.4 Å². The molecule has 0 saturated heterocycles. The van der Waals surface area contributed by atoms with Crippen LogP contribution < -0.4 is 10.3 Å². The molecule has 8 heteroatoms. The van der Waals surface area contributed by atoms with E-state index in [-0.39, 0.29) is 22.8 Å². The minimum absolute atomic E-state index is 0.00922. The van der Waals surface area contributed by atoms with E-state index in [9.17, 15) is 14.4 Å². The average Bonchev–Trinajstić information content (AvgIpc) is 3.17. The number of aryl methyl sites for hydroxylation is 2. The van der Waals surface area contributed by atoms with Gasteiger partial charge in [-0.25, -0.2) is 9.37 Å². The number of nitriles is 1. The summed E-state index contributed by atoms with van der Waals surface area (Å²) in [4.78, 5) is 22.6.